The molecule has 172 valence electrons. The van der Waals surface area contributed by atoms with E-state index in [4.69, 9.17) is 4.74 Å². The van der Waals surface area contributed by atoms with Crippen molar-refractivity contribution in [2.45, 2.75) is 13.8 Å². The third-order valence-electron chi connectivity index (χ3n) is 5.89. The van der Waals surface area contributed by atoms with E-state index in [9.17, 15) is 18.4 Å². The highest BCUT2D eigenvalue weighted by Gasteiger charge is 2.24. The first-order chi connectivity index (χ1) is 15.8. The molecule has 0 radical (unpaired) electrons. The molecule has 1 aliphatic rings. The van der Waals surface area contributed by atoms with E-state index in [2.05, 4.69) is 4.90 Å². The van der Waals surface area contributed by atoms with Crippen molar-refractivity contribution in [3.63, 3.8) is 0 Å². The minimum Gasteiger partial charge on any atom is -0.452 e. The molecule has 1 aromatic heterocycles. The van der Waals surface area contributed by atoms with Gasteiger partial charge in [-0.15, -0.1) is 0 Å². The predicted octanol–water partition coefficient (Wildman–Crippen LogP) is 3.88. The summed E-state index contributed by atoms with van der Waals surface area (Å²) >= 11 is 0. The highest BCUT2D eigenvalue weighted by atomic mass is 19.1. The van der Waals surface area contributed by atoms with E-state index in [-0.39, 0.29) is 24.1 Å². The molecule has 0 aliphatic carbocycles. The predicted molar refractivity (Wildman–Crippen MR) is 121 cm³/mol. The van der Waals surface area contributed by atoms with Crippen molar-refractivity contribution in [2.24, 2.45) is 0 Å². The van der Waals surface area contributed by atoms with Gasteiger partial charge < -0.3 is 19.1 Å². The summed E-state index contributed by atoms with van der Waals surface area (Å²) in [6, 6.07) is 14.0. The summed E-state index contributed by atoms with van der Waals surface area (Å²) < 4.78 is 33.5. The van der Waals surface area contributed by atoms with Gasteiger partial charge in [0.25, 0.3) is 5.91 Å². The number of carbonyl (C=O) groups excluding carboxylic acids is 2. The number of aromatic nitrogens is 1. The van der Waals surface area contributed by atoms with Gasteiger partial charge in [-0.3, -0.25) is 4.79 Å². The molecular weight excluding hydrogens is 428 g/mol. The van der Waals surface area contributed by atoms with Gasteiger partial charge in [-0.2, -0.15) is 0 Å². The number of nitrogens with zero attached hydrogens (tertiary/aromatic N) is 3. The van der Waals surface area contributed by atoms with Crippen LogP contribution in [0.15, 0.2) is 54.6 Å². The van der Waals surface area contributed by atoms with Gasteiger partial charge in [-0.1, -0.05) is 0 Å². The number of esters is 1. The molecule has 1 aliphatic heterocycles. The number of piperazine rings is 1. The van der Waals surface area contributed by atoms with E-state index >= 15 is 0 Å². The molecule has 4 rings (SSSR count). The Morgan fingerprint density at radius 3 is 1.97 bits per heavy atom. The van der Waals surface area contributed by atoms with Crippen LogP contribution in [-0.2, 0) is 9.53 Å². The molecule has 3 aromatic rings. The van der Waals surface area contributed by atoms with Crippen molar-refractivity contribution in [1.82, 2.24) is 9.47 Å². The highest BCUT2D eigenvalue weighted by Crippen LogP contribution is 2.22. The lowest BCUT2D eigenvalue weighted by Crippen LogP contribution is -2.49. The summed E-state index contributed by atoms with van der Waals surface area (Å²) in [5.74, 6) is -1.45. The van der Waals surface area contributed by atoms with Crippen LogP contribution < -0.4 is 4.90 Å². The van der Waals surface area contributed by atoms with Crippen molar-refractivity contribution in [3.8, 4) is 5.69 Å². The van der Waals surface area contributed by atoms with Crippen LogP contribution in [-0.4, -0.2) is 54.1 Å². The van der Waals surface area contributed by atoms with Crippen LogP contribution in [0.2, 0.25) is 0 Å². The SMILES string of the molecule is Cc1cc(C(=O)OCC(=O)N2CCN(c3ccc(F)cc3)CC2)c(C)n1-c1ccc(F)cc1. The fourth-order valence-electron chi connectivity index (χ4n) is 4.12. The van der Waals surface area contributed by atoms with Crippen molar-refractivity contribution in [3.05, 3.63) is 83.2 Å². The van der Waals surface area contributed by atoms with E-state index in [0.29, 0.717) is 37.4 Å². The number of anilines is 1. The second-order valence-corrected chi connectivity index (χ2v) is 8.02. The van der Waals surface area contributed by atoms with Crippen LogP contribution in [0.3, 0.4) is 0 Å². The molecule has 0 saturated carbocycles. The Bertz CT molecular complexity index is 1150. The fraction of sp³-hybridized carbons (Fsp3) is 0.280. The third kappa shape index (κ3) is 4.89. The quantitative estimate of drug-likeness (QED) is 0.551. The minimum absolute atomic E-state index is 0.255. The van der Waals surface area contributed by atoms with E-state index in [0.717, 1.165) is 17.1 Å². The Labute approximate surface area is 191 Å². The van der Waals surface area contributed by atoms with Gasteiger partial charge in [0.15, 0.2) is 6.61 Å². The van der Waals surface area contributed by atoms with Crippen LogP contribution in [0.5, 0.6) is 0 Å². The van der Waals surface area contributed by atoms with Crippen LogP contribution in [0.1, 0.15) is 21.7 Å². The first kappa shape index (κ1) is 22.5. The molecular formula is C25H25F2N3O3. The van der Waals surface area contributed by atoms with Crippen molar-refractivity contribution < 1.29 is 23.1 Å². The lowest BCUT2D eigenvalue weighted by molar-refractivity contribution is -0.134. The number of aryl methyl sites for hydroxylation is 1. The summed E-state index contributed by atoms with van der Waals surface area (Å²) in [7, 11) is 0. The summed E-state index contributed by atoms with van der Waals surface area (Å²) in [4.78, 5) is 29.0. The molecule has 0 bridgehead atoms. The van der Waals surface area contributed by atoms with Gasteiger partial charge in [0.2, 0.25) is 0 Å². The average Bonchev–Trinajstić information content (AvgIpc) is 3.12. The largest absolute Gasteiger partial charge is 0.452 e. The normalized spacial score (nSPS) is 13.8. The van der Waals surface area contributed by atoms with Gasteiger partial charge >= 0.3 is 5.97 Å². The molecule has 0 spiro atoms. The lowest BCUT2D eigenvalue weighted by Gasteiger charge is -2.36. The summed E-state index contributed by atoms with van der Waals surface area (Å²) in [6.07, 6.45) is 0. The Kier molecular flexibility index (Phi) is 6.44. The highest BCUT2D eigenvalue weighted by molar-refractivity contribution is 5.93. The second-order valence-electron chi connectivity index (χ2n) is 8.02. The van der Waals surface area contributed by atoms with Crippen molar-refractivity contribution >= 4 is 17.6 Å². The maximum Gasteiger partial charge on any atom is 0.340 e. The molecule has 2 heterocycles. The molecule has 1 amide bonds. The molecule has 33 heavy (non-hydrogen) atoms. The zero-order valence-electron chi connectivity index (χ0n) is 18.6. The van der Waals surface area contributed by atoms with Crippen LogP contribution in [0.4, 0.5) is 14.5 Å². The molecule has 6 nitrogen and oxygen atoms in total. The summed E-state index contributed by atoms with van der Waals surface area (Å²) in [5.41, 5.74) is 3.47. The first-order valence-electron chi connectivity index (χ1n) is 10.7. The van der Waals surface area contributed by atoms with E-state index < -0.39 is 5.97 Å². The van der Waals surface area contributed by atoms with Gasteiger partial charge in [0.05, 0.1) is 5.56 Å². The first-order valence-corrected chi connectivity index (χ1v) is 10.7. The summed E-state index contributed by atoms with van der Waals surface area (Å²) in [6.45, 7) is 5.51. The topological polar surface area (TPSA) is 54.8 Å². The number of rotatable bonds is 5. The fourth-order valence-corrected chi connectivity index (χ4v) is 4.12. The Hall–Kier alpha value is -3.68. The Morgan fingerprint density at radius 2 is 1.39 bits per heavy atom. The van der Waals surface area contributed by atoms with Crippen LogP contribution in [0.25, 0.3) is 5.69 Å². The Morgan fingerprint density at radius 1 is 0.848 bits per heavy atom. The summed E-state index contributed by atoms with van der Waals surface area (Å²) in [5, 5.41) is 0. The maximum atomic E-state index is 13.3. The van der Waals surface area contributed by atoms with E-state index in [1.807, 2.05) is 11.5 Å². The van der Waals surface area contributed by atoms with E-state index in [1.54, 1.807) is 42.2 Å². The van der Waals surface area contributed by atoms with Gasteiger partial charge in [0, 0.05) is 48.9 Å². The number of halogens is 2. The van der Waals surface area contributed by atoms with Crippen molar-refractivity contribution in [2.75, 3.05) is 37.7 Å². The maximum absolute atomic E-state index is 13.3. The number of ether oxygens (including phenoxy) is 1. The zero-order valence-corrected chi connectivity index (χ0v) is 18.6. The van der Waals surface area contributed by atoms with Gasteiger partial charge in [-0.05, 0) is 68.4 Å². The van der Waals surface area contributed by atoms with Crippen LogP contribution >= 0.6 is 0 Å². The number of carbonyl (C=O) groups is 2. The molecule has 0 unspecified atom stereocenters. The minimum atomic E-state index is -0.574. The molecule has 2 aromatic carbocycles. The second kappa shape index (κ2) is 9.44. The number of benzene rings is 2. The van der Waals surface area contributed by atoms with Crippen molar-refractivity contribution in [1.29, 1.82) is 0 Å². The van der Waals surface area contributed by atoms with E-state index in [1.165, 1.54) is 24.3 Å². The number of amides is 1. The monoisotopic (exact) mass is 453 g/mol. The molecule has 8 heteroatoms. The number of hydrogen-bond donors (Lipinski definition) is 0. The lowest BCUT2D eigenvalue weighted by atomic mass is 10.2. The van der Waals surface area contributed by atoms with Gasteiger partial charge in [0.1, 0.15) is 11.6 Å². The average molecular weight is 453 g/mol. The third-order valence-corrected chi connectivity index (χ3v) is 5.89. The van der Waals surface area contributed by atoms with Gasteiger partial charge in [-0.25, -0.2) is 13.6 Å². The standard InChI is InChI=1S/C25H25F2N3O3/c1-17-15-23(18(2)30(17)22-9-5-20(27)6-10-22)25(32)33-16-24(31)29-13-11-28(12-14-29)21-7-3-19(26)4-8-21/h3-10,15H,11-14,16H2,1-2H3. The smallest absolute Gasteiger partial charge is 0.340 e. The van der Waals surface area contributed by atoms with Crippen LogP contribution in [0, 0.1) is 25.5 Å². The molecule has 1 fully saturated rings. The molecule has 0 N–H and O–H groups in total. The number of hydrogen-bond acceptors (Lipinski definition) is 4. The Balaban J connectivity index is 1.34. The zero-order chi connectivity index (χ0) is 23.5. The molecule has 0 atom stereocenters. The molecule has 1 saturated heterocycles.